The Morgan fingerprint density at radius 2 is 2.14 bits per heavy atom. The number of likely N-dealkylation sites (tertiary alicyclic amines) is 1. The number of hydrogen-bond acceptors (Lipinski definition) is 5. The van der Waals surface area contributed by atoms with Crippen molar-refractivity contribution in [2.45, 2.75) is 18.9 Å². The second-order valence-corrected chi connectivity index (χ2v) is 6.75. The fraction of sp³-hybridized carbons (Fsp3) is 0.467. The second-order valence-electron chi connectivity index (χ2n) is 5.69. The number of benzene rings is 1. The number of carbonyl (C=O) groups excluding carboxylic acids is 1. The van der Waals surface area contributed by atoms with Crippen LogP contribution < -0.4 is 5.73 Å². The molecule has 0 spiro atoms. The van der Waals surface area contributed by atoms with E-state index in [9.17, 15) is 4.79 Å². The summed E-state index contributed by atoms with van der Waals surface area (Å²) in [4.78, 5) is 21.1. The van der Waals surface area contributed by atoms with E-state index in [0.29, 0.717) is 16.7 Å². The van der Waals surface area contributed by atoms with Gasteiger partial charge < -0.3 is 15.5 Å². The molecule has 2 aromatic rings. The first-order valence-electron chi connectivity index (χ1n) is 7.16. The van der Waals surface area contributed by atoms with Crippen LogP contribution >= 0.6 is 11.3 Å². The quantitative estimate of drug-likeness (QED) is 0.922. The first kappa shape index (κ1) is 14.3. The van der Waals surface area contributed by atoms with Crippen molar-refractivity contribution in [1.29, 1.82) is 0 Å². The van der Waals surface area contributed by atoms with E-state index in [-0.39, 0.29) is 5.91 Å². The van der Waals surface area contributed by atoms with Gasteiger partial charge in [-0.1, -0.05) is 11.3 Å². The largest absolute Gasteiger partial charge is 0.375 e. The molecule has 0 aliphatic carbocycles. The van der Waals surface area contributed by atoms with Crippen molar-refractivity contribution in [2.24, 2.45) is 0 Å². The van der Waals surface area contributed by atoms with Gasteiger partial charge in [-0.25, -0.2) is 4.98 Å². The Balaban J connectivity index is 1.79. The van der Waals surface area contributed by atoms with Crippen molar-refractivity contribution in [3.63, 3.8) is 0 Å². The highest BCUT2D eigenvalue weighted by Gasteiger charge is 2.24. The van der Waals surface area contributed by atoms with Crippen LogP contribution in [0.1, 0.15) is 23.2 Å². The highest BCUT2D eigenvalue weighted by molar-refractivity contribution is 7.22. The average Bonchev–Trinajstić information content (AvgIpc) is 2.85. The van der Waals surface area contributed by atoms with Crippen LogP contribution in [0.5, 0.6) is 0 Å². The number of rotatable bonds is 2. The standard InChI is InChI=1S/C15H20N4OS/c1-18-7-5-11(6-8-18)19(2)14(20)10-3-4-12-13(9-10)21-15(16)17-12/h3-4,9,11H,5-8H2,1-2H3,(H2,16,17). The Bertz CT molecular complexity index is 661. The summed E-state index contributed by atoms with van der Waals surface area (Å²) < 4.78 is 0.968. The number of nitrogens with two attached hydrogens (primary N) is 1. The number of thiazole rings is 1. The van der Waals surface area contributed by atoms with Crippen molar-refractivity contribution in [3.8, 4) is 0 Å². The van der Waals surface area contributed by atoms with Crippen molar-refractivity contribution in [1.82, 2.24) is 14.8 Å². The molecular weight excluding hydrogens is 284 g/mol. The minimum absolute atomic E-state index is 0.0819. The molecule has 1 saturated heterocycles. The molecule has 1 aromatic heterocycles. The van der Waals surface area contributed by atoms with Gasteiger partial charge in [0.25, 0.3) is 5.91 Å². The molecular formula is C15H20N4OS. The van der Waals surface area contributed by atoms with E-state index in [0.717, 1.165) is 36.1 Å². The maximum absolute atomic E-state index is 12.6. The van der Waals surface area contributed by atoms with E-state index < -0.39 is 0 Å². The Morgan fingerprint density at radius 1 is 1.43 bits per heavy atom. The zero-order valence-electron chi connectivity index (χ0n) is 12.4. The Hall–Kier alpha value is -1.66. The van der Waals surface area contributed by atoms with Gasteiger partial charge in [0.15, 0.2) is 5.13 Å². The summed E-state index contributed by atoms with van der Waals surface area (Å²) in [5.41, 5.74) is 7.29. The van der Waals surface area contributed by atoms with E-state index in [1.54, 1.807) is 0 Å². The lowest BCUT2D eigenvalue weighted by Gasteiger charge is -2.35. The van der Waals surface area contributed by atoms with Crippen LogP contribution in [0, 0.1) is 0 Å². The molecule has 5 nitrogen and oxygen atoms in total. The molecule has 2 N–H and O–H groups in total. The number of anilines is 1. The van der Waals surface area contributed by atoms with E-state index in [1.807, 2.05) is 30.1 Å². The van der Waals surface area contributed by atoms with Crippen molar-refractivity contribution in [3.05, 3.63) is 23.8 Å². The lowest BCUT2D eigenvalue weighted by molar-refractivity contribution is 0.0660. The number of aromatic nitrogens is 1. The lowest BCUT2D eigenvalue weighted by atomic mass is 10.0. The number of nitrogen functional groups attached to an aromatic ring is 1. The van der Waals surface area contributed by atoms with Gasteiger partial charge in [-0.3, -0.25) is 4.79 Å². The van der Waals surface area contributed by atoms with Crippen molar-refractivity contribution >= 4 is 32.6 Å². The zero-order valence-corrected chi connectivity index (χ0v) is 13.2. The Morgan fingerprint density at radius 3 is 2.86 bits per heavy atom. The molecule has 1 aromatic carbocycles. The van der Waals surface area contributed by atoms with Gasteiger partial charge in [0.05, 0.1) is 10.2 Å². The predicted molar refractivity (Wildman–Crippen MR) is 86.6 cm³/mol. The minimum atomic E-state index is 0.0819. The topological polar surface area (TPSA) is 62.5 Å². The van der Waals surface area contributed by atoms with Gasteiger partial charge in [-0.15, -0.1) is 0 Å². The maximum atomic E-state index is 12.6. The van der Waals surface area contributed by atoms with Crippen LogP contribution in [-0.2, 0) is 0 Å². The van der Waals surface area contributed by atoms with Crippen molar-refractivity contribution < 1.29 is 4.79 Å². The van der Waals surface area contributed by atoms with Gasteiger partial charge in [-0.05, 0) is 51.2 Å². The fourth-order valence-corrected chi connectivity index (χ4v) is 3.60. The molecule has 0 bridgehead atoms. The Labute approximate surface area is 128 Å². The van der Waals surface area contributed by atoms with E-state index in [2.05, 4.69) is 16.9 Å². The van der Waals surface area contributed by atoms with Crippen LogP contribution in [0.4, 0.5) is 5.13 Å². The average molecular weight is 304 g/mol. The summed E-state index contributed by atoms with van der Waals surface area (Å²) in [6, 6.07) is 5.94. The van der Waals surface area contributed by atoms with Gasteiger partial charge >= 0.3 is 0 Å². The molecule has 112 valence electrons. The third-order valence-electron chi connectivity index (χ3n) is 4.21. The molecule has 21 heavy (non-hydrogen) atoms. The number of fused-ring (bicyclic) bond motifs is 1. The van der Waals surface area contributed by atoms with Crippen LogP contribution in [-0.4, -0.2) is 53.9 Å². The molecule has 1 fully saturated rings. The number of nitrogens with zero attached hydrogens (tertiary/aromatic N) is 3. The minimum Gasteiger partial charge on any atom is -0.375 e. The second kappa shape index (κ2) is 5.61. The number of amides is 1. The summed E-state index contributed by atoms with van der Waals surface area (Å²) in [6.45, 7) is 2.10. The van der Waals surface area contributed by atoms with E-state index >= 15 is 0 Å². The van der Waals surface area contributed by atoms with Gasteiger partial charge in [-0.2, -0.15) is 0 Å². The summed E-state index contributed by atoms with van der Waals surface area (Å²) in [6.07, 6.45) is 2.07. The predicted octanol–water partition coefficient (Wildman–Crippen LogP) is 2.04. The van der Waals surface area contributed by atoms with Crippen LogP contribution in [0.3, 0.4) is 0 Å². The maximum Gasteiger partial charge on any atom is 0.253 e. The molecule has 1 amide bonds. The molecule has 2 heterocycles. The number of carbonyl (C=O) groups is 1. The van der Waals surface area contributed by atoms with Crippen LogP contribution in [0.15, 0.2) is 18.2 Å². The smallest absolute Gasteiger partial charge is 0.253 e. The normalized spacial score (nSPS) is 17.2. The molecule has 0 saturated carbocycles. The van der Waals surface area contributed by atoms with Crippen LogP contribution in [0.25, 0.3) is 10.2 Å². The van der Waals surface area contributed by atoms with Gasteiger partial charge in [0, 0.05) is 18.7 Å². The SMILES string of the molecule is CN1CCC(N(C)C(=O)c2ccc3nc(N)sc3c2)CC1. The van der Waals surface area contributed by atoms with E-state index in [4.69, 9.17) is 5.73 Å². The fourth-order valence-electron chi connectivity index (χ4n) is 2.83. The summed E-state index contributed by atoms with van der Waals surface area (Å²) >= 11 is 1.42. The van der Waals surface area contributed by atoms with Crippen molar-refractivity contribution in [2.75, 3.05) is 32.9 Å². The van der Waals surface area contributed by atoms with Crippen LogP contribution in [0.2, 0.25) is 0 Å². The third kappa shape index (κ3) is 2.87. The van der Waals surface area contributed by atoms with E-state index in [1.165, 1.54) is 11.3 Å². The molecule has 0 radical (unpaired) electrons. The lowest BCUT2D eigenvalue weighted by Crippen LogP contribution is -2.44. The van der Waals surface area contributed by atoms with Gasteiger partial charge in [0.1, 0.15) is 0 Å². The molecule has 6 heteroatoms. The molecule has 0 atom stereocenters. The summed E-state index contributed by atoms with van der Waals surface area (Å²) in [5, 5.41) is 0.540. The first-order valence-corrected chi connectivity index (χ1v) is 7.98. The highest BCUT2D eigenvalue weighted by atomic mass is 32.1. The molecule has 1 aliphatic heterocycles. The van der Waals surface area contributed by atoms with Gasteiger partial charge in [0.2, 0.25) is 0 Å². The third-order valence-corrected chi connectivity index (χ3v) is 5.06. The molecule has 0 unspecified atom stereocenters. The molecule has 1 aliphatic rings. The number of piperidine rings is 1. The number of hydrogen-bond donors (Lipinski definition) is 1. The highest BCUT2D eigenvalue weighted by Crippen LogP contribution is 2.25. The first-order chi connectivity index (χ1) is 10.0. The molecule has 3 rings (SSSR count). The zero-order chi connectivity index (χ0) is 15.0. The summed E-state index contributed by atoms with van der Waals surface area (Å²) in [5.74, 6) is 0.0819. The Kier molecular flexibility index (Phi) is 3.82. The summed E-state index contributed by atoms with van der Waals surface area (Å²) in [7, 11) is 4.03. The monoisotopic (exact) mass is 304 g/mol.